The first-order valence-electron chi connectivity index (χ1n) is 5.54. The lowest BCUT2D eigenvalue weighted by Crippen LogP contribution is -2.32. The first-order valence-corrected chi connectivity index (χ1v) is 5.54. The van der Waals surface area contributed by atoms with E-state index >= 15 is 0 Å². The highest BCUT2D eigenvalue weighted by atomic mass is 16.4. The second-order valence-electron chi connectivity index (χ2n) is 4.57. The molecular weight excluding hydrogens is 208 g/mol. The lowest BCUT2D eigenvalue weighted by Gasteiger charge is -2.36. The van der Waals surface area contributed by atoms with Gasteiger partial charge in [-0.2, -0.15) is 0 Å². The van der Waals surface area contributed by atoms with E-state index in [0.29, 0.717) is 11.8 Å². The minimum Gasteiger partial charge on any atom is -0.475 e. The van der Waals surface area contributed by atoms with Gasteiger partial charge in [0.1, 0.15) is 0 Å². The summed E-state index contributed by atoms with van der Waals surface area (Å²) in [6, 6.07) is 0. The molecule has 4 rings (SSSR count). The molecule has 3 aliphatic rings. The summed E-state index contributed by atoms with van der Waals surface area (Å²) in [5.41, 5.74) is 1.23. The zero-order valence-corrected chi connectivity index (χ0v) is 8.69. The Morgan fingerprint density at radius 3 is 2.50 bits per heavy atom. The lowest BCUT2D eigenvalue weighted by atomic mass is 9.69. The molecule has 0 saturated heterocycles. The number of aromatic nitrogens is 2. The zero-order valence-electron chi connectivity index (χ0n) is 8.69. The van der Waals surface area contributed by atoms with Crippen LogP contribution in [0.2, 0.25) is 0 Å². The first kappa shape index (κ1) is 9.57. The van der Waals surface area contributed by atoms with Crippen molar-refractivity contribution in [3.05, 3.63) is 27.4 Å². The van der Waals surface area contributed by atoms with Crippen LogP contribution in [0, 0.1) is 0 Å². The van der Waals surface area contributed by atoms with Crippen LogP contribution in [0.15, 0.2) is 4.79 Å². The van der Waals surface area contributed by atoms with Crippen LogP contribution in [0.1, 0.15) is 59.4 Å². The molecule has 0 aliphatic heterocycles. The number of carboxylic acids is 1. The molecule has 2 N–H and O–H groups in total. The summed E-state index contributed by atoms with van der Waals surface area (Å²) in [4.78, 5) is 29.1. The fraction of sp³-hybridized carbons (Fsp3) is 0.545. The number of aromatic carboxylic acids is 1. The lowest BCUT2D eigenvalue weighted by molar-refractivity contribution is 0.0682. The summed E-state index contributed by atoms with van der Waals surface area (Å²) in [5, 5.41) is 8.85. The van der Waals surface area contributed by atoms with Gasteiger partial charge in [-0.3, -0.25) is 4.79 Å². The topological polar surface area (TPSA) is 83.0 Å². The molecule has 1 aromatic heterocycles. The number of nitrogens with one attached hydrogen (secondary N) is 1. The Morgan fingerprint density at radius 2 is 1.88 bits per heavy atom. The molecule has 5 heteroatoms. The summed E-state index contributed by atoms with van der Waals surface area (Å²) in [5.74, 6) is -0.808. The van der Waals surface area contributed by atoms with Crippen molar-refractivity contribution in [2.24, 2.45) is 0 Å². The predicted molar refractivity (Wildman–Crippen MR) is 55.8 cm³/mol. The highest BCUT2D eigenvalue weighted by Gasteiger charge is 2.36. The monoisotopic (exact) mass is 220 g/mol. The molecule has 84 valence electrons. The summed E-state index contributed by atoms with van der Waals surface area (Å²) in [6.45, 7) is 0. The largest absolute Gasteiger partial charge is 0.475 e. The van der Waals surface area contributed by atoms with Crippen LogP contribution in [-0.4, -0.2) is 21.0 Å². The third-order valence-corrected chi connectivity index (χ3v) is 3.71. The van der Waals surface area contributed by atoms with Crippen LogP contribution < -0.4 is 5.56 Å². The number of hydrogen-bond acceptors (Lipinski definition) is 3. The molecule has 3 aliphatic carbocycles. The molecule has 0 unspecified atom stereocenters. The molecule has 1 saturated carbocycles. The van der Waals surface area contributed by atoms with Crippen LogP contribution >= 0.6 is 0 Å². The van der Waals surface area contributed by atoms with E-state index in [1.165, 1.54) is 0 Å². The van der Waals surface area contributed by atoms with E-state index in [1.807, 2.05) is 0 Å². The van der Waals surface area contributed by atoms with Crippen molar-refractivity contribution >= 4 is 5.97 Å². The Balaban J connectivity index is 2.24. The van der Waals surface area contributed by atoms with E-state index in [1.54, 1.807) is 0 Å². The Hall–Kier alpha value is -1.65. The second kappa shape index (κ2) is 3.17. The maximum atomic E-state index is 11.8. The first-order chi connectivity index (χ1) is 7.66. The summed E-state index contributed by atoms with van der Waals surface area (Å²) >= 11 is 0. The summed E-state index contributed by atoms with van der Waals surface area (Å²) in [6.07, 6.45) is 4.14. The minimum absolute atomic E-state index is 0.226. The van der Waals surface area contributed by atoms with Crippen molar-refractivity contribution in [3.63, 3.8) is 0 Å². The maximum absolute atomic E-state index is 11.8. The summed E-state index contributed by atoms with van der Waals surface area (Å²) < 4.78 is 0. The van der Waals surface area contributed by atoms with E-state index < -0.39 is 5.97 Å². The minimum atomic E-state index is -1.17. The van der Waals surface area contributed by atoms with Crippen LogP contribution in [0.25, 0.3) is 0 Å². The Bertz CT molecular complexity index is 512. The molecule has 16 heavy (non-hydrogen) atoms. The maximum Gasteiger partial charge on any atom is 0.372 e. The number of H-pyrrole nitrogens is 1. The van der Waals surface area contributed by atoms with Gasteiger partial charge in [0, 0.05) is 11.5 Å². The fourth-order valence-corrected chi connectivity index (χ4v) is 2.96. The van der Waals surface area contributed by atoms with Crippen molar-refractivity contribution in [1.82, 2.24) is 9.97 Å². The van der Waals surface area contributed by atoms with Crippen molar-refractivity contribution in [1.29, 1.82) is 0 Å². The zero-order chi connectivity index (χ0) is 11.3. The van der Waals surface area contributed by atoms with Crippen molar-refractivity contribution in [2.45, 2.75) is 37.5 Å². The third kappa shape index (κ3) is 1.20. The molecule has 0 aromatic carbocycles. The van der Waals surface area contributed by atoms with E-state index in [2.05, 4.69) is 9.97 Å². The Morgan fingerprint density at radius 1 is 1.25 bits per heavy atom. The smallest absolute Gasteiger partial charge is 0.372 e. The van der Waals surface area contributed by atoms with Crippen molar-refractivity contribution < 1.29 is 9.90 Å². The van der Waals surface area contributed by atoms with Gasteiger partial charge in [0.2, 0.25) is 5.82 Å². The van der Waals surface area contributed by atoms with Gasteiger partial charge < -0.3 is 10.1 Å². The van der Waals surface area contributed by atoms with Gasteiger partial charge in [0.15, 0.2) is 0 Å². The predicted octanol–water partition coefficient (Wildman–Crippen LogP) is 1.22. The molecule has 1 fully saturated rings. The van der Waals surface area contributed by atoms with Gasteiger partial charge in [0.05, 0.1) is 5.69 Å². The molecule has 0 spiro atoms. The van der Waals surface area contributed by atoms with Gasteiger partial charge in [0.25, 0.3) is 5.56 Å². The van der Waals surface area contributed by atoms with Crippen LogP contribution in [-0.2, 0) is 0 Å². The normalized spacial score (nSPS) is 26.5. The number of carboxylic acid groups (broad SMARTS) is 1. The molecule has 1 aromatic rings. The third-order valence-electron chi connectivity index (χ3n) is 3.71. The number of aromatic amines is 1. The van der Waals surface area contributed by atoms with Crippen LogP contribution in [0.3, 0.4) is 0 Å². The fourth-order valence-electron chi connectivity index (χ4n) is 2.96. The van der Waals surface area contributed by atoms with E-state index in [-0.39, 0.29) is 11.4 Å². The highest BCUT2D eigenvalue weighted by molar-refractivity contribution is 5.83. The van der Waals surface area contributed by atoms with E-state index in [9.17, 15) is 9.59 Å². The van der Waals surface area contributed by atoms with Gasteiger partial charge in [-0.1, -0.05) is 0 Å². The molecular formula is C11H12N2O3. The van der Waals surface area contributed by atoms with E-state index in [0.717, 1.165) is 36.9 Å². The molecule has 5 nitrogen and oxygen atoms in total. The Labute approximate surface area is 91.5 Å². The standard InChI is InChI=1S/C11H12N2O3/c14-10-7-5-1-3-6(4-2-5)8(7)12-9(13-10)11(15)16/h5-6H,1-4H2,(H,15,16)(H,12,13,14). The Kier molecular flexibility index (Phi) is 1.89. The number of nitrogens with zero attached hydrogens (tertiary/aromatic N) is 1. The van der Waals surface area contributed by atoms with Crippen LogP contribution in [0.5, 0.6) is 0 Å². The average molecular weight is 220 g/mol. The quantitative estimate of drug-likeness (QED) is 0.745. The van der Waals surface area contributed by atoms with Gasteiger partial charge in [-0.05, 0) is 31.6 Å². The van der Waals surface area contributed by atoms with Crippen LogP contribution in [0.4, 0.5) is 0 Å². The van der Waals surface area contributed by atoms with Crippen molar-refractivity contribution in [3.8, 4) is 0 Å². The van der Waals surface area contributed by atoms with Crippen molar-refractivity contribution in [2.75, 3.05) is 0 Å². The van der Waals surface area contributed by atoms with E-state index in [4.69, 9.17) is 5.11 Å². The summed E-state index contributed by atoms with van der Waals surface area (Å²) in [7, 11) is 0. The highest BCUT2D eigenvalue weighted by Crippen LogP contribution is 2.46. The number of fused-ring (bicyclic) bond motifs is 2. The second-order valence-corrected chi connectivity index (χ2v) is 4.57. The number of hydrogen-bond donors (Lipinski definition) is 2. The average Bonchev–Trinajstić information content (AvgIpc) is 2.30. The van der Waals surface area contributed by atoms with Gasteiger partial charge in [-0.25, -0.2) is 9.78 Å². The number of carbonyl (C=O) groups is 1. The molecule has 2 bridgehead atoms. The van der Waals surface area contributed by atoms with Gasteiger partial charge >= 0.3 is 5.97 Å². The number of rotatable bonds is 1. The molecule has 0 amide bonds. The molecule has 1 heterocycles. The molecule has 0 atom stereocenters. The van der Waals surface area contributed by atoms with Gasteiger partial charge in [-0.15, -0.1) is 0 Å². The molecule has 0 radical (unpaired) electrons. The SMILES string of the molecule is O=C(O)c1nc2c(c(=O)[nH]1)C1CCC2CC1.